The molecular weight excluding hydrogens is 484 g/mol. The molecule has 0 aromatic heterocycles. The zero-order chi connectivity index (χ0) is 27.5. The van der Waals surface area contributed by atoms with Crippen LogP contribution in [0, 0.1) is 0 Å². The molecule has 2 aromatic rings. The van der Waals surface area contributed by atoms with Gasteiger partial charge in [0, 0.05) is 6.04 Å². The molecule has 2 aromatic carbocycles. The number of carbonyl (C=O) groups excluding carboxylic acids is 3. The van der Waals surface area contributed by atoms with E-state index in [0.29, 0.717) is 19.4 Å². The molecule has 2 fully saturated rings. The Hall–Kier alpha value is -3.39. The summed E-state index contributed by atoms with van der Waals surface area (Å²) < 4.78 is 17.2. The van der Waals surface area contributed by atoms with Crippen molar-refractivity contribution in [2.75, 3.05) is 6.61 Å². The third-order valence-corrected chi connectivity index (χ3v) is 7.34. The van der Waals surface area contributed by atoms with Crippen molar-refractivity contribution in [3.05, 3.63) is 71.8 Å². The lowest BCUT2D eigenvalue weighted by atomic mass is 9.76. The molecule has 2 amide bonds. The van der Waals surface area contributed by atoms with E-state index in [4.69, 9.17) is 14.2 Å². The fourth-order valence-electron chi connectivity index (χ4n) is 5.45. The number of β-lactam (4-membered cyclic amide) rings is 1. The van der Waals surface area contributed by atoms with Crippen LogP contribution < -0.4 is 0 Å². The number of hydrogen-bond acceptors (Lipinski definition) is 6. The van der Waals surface area contributed by atoms with E-state index >= 15 is 0 Å². The third-order valence-electron chi connectivity index (χ3n) is 7.34. The summed E-state index contributed by atoms with van der Waals surface area (Å²) in [4.78, 5) is 43.5. The number of benzene rings is 2. The zero-order valence-electron chi connectivity index (χ0n) is 22.9. The summed E-state index contributed by atoms with van der Waals surface area (Å²) in [5.41, 5.74) is 0.0823. The highest BCUT2D eigenvalue weighted by atomic mass is 16.6. The minimum Gasteiger partial charge on any atom is -0.459 e. The molecule has 2 aliphatic rings. The fourth-order valence-corrected chi connectivity index (χ4v) is 5.45. The second-order valence-corrected chi connectivity index (χ2v) is 11.2. The molecule has 0 radical (unpaired) electrons. The average Bonchev–Trinajstić information content (AvgIpc) is 3.26. The summed E-state index contributed by atoms with van der Waals surface area (Å²) in [5.74, 6) is -0.808. The Morgan fingerprint density at radius 3 is 2.11 bits per heavy atom. The first-order valence-corrected chi connectivity index (χ1v) is 13.2. The highest BCUT2D eigenvalue weighted by Gasteiger charge is 2.69. The predicted molar refractivity (Wildman–Crippen MR) is 142 cm³/mol. The van der Waals surface area contributed by atoms with E-state index in [9.17, 15) is 14.4 Å². The molecule has 204 valence electrons. The third kappa shape index (κ3) is 5.55. The molecule has 4 rings (SSSR count). The highest BCUT2D eigenvalue weighted by Crippen LogP contribution is 2.48. The molecule has 0 aliphatic carbocycles. The first-order chi connectivity index (χ1) is 18.0. The molecule has 2 heterocycles. The SMILES string of the molecule is CC1CCC2(C(=O)N(C(COCc3ccccc3)C(=O)OCc3ccccc3)C2C)N1C(=O)OC(C)(C)C. The Bertz CT molecular complexity index is 1130. The number of likely N-dealkylation sites (tertiary alicyclic amines) is 2. The number of esters is 1. The number of carbonyl (C=O) groups is 3. The lowest BCUT2D eigenvalue weighted by Gasteiger charge is -2.58. The molecule has 4 atom stereocenters. The summed E-state index contributed by atoms with van der Waals surface area (Å²) in [5, 5.41) is 0. The molecule has 0 saturated carbocycles. The first kappa shape index (κ1) is 27.6. The van der Waals surface area contributed by atoms with Crippen molar-refractivity contribution in [2.45, 2.75) is 89.9 Å². The van der Waals surface area contributed by atoms with Crippen LogP contribution in [0.4, 0.5) is 4.79 Å². The Kier molecular flexibility index (Phi) is 8.11. The maximum Gasteiger partial charge on any atom is 0.411 e. The summed E-state index contributed by atoms with van der Waals surface area (Å²) in [6.45, 7) is 9.60. The lowest BCUT2D eigenvalue weighted by Crippen LogP contribution is -2.81. The van der Waals surface area contributed by atoms with Gasteiger partial charge in [-0.25, -0.2) is 9.59 Å². The van der Waals surface area contributed by atoms with Crippen molar-refractivity contribution < 1.29 is 28.6 Å². The molecule has 1 spiro atoms. The number of hydrogen-bond donors (Lipinski definition) is 0. The van der Waals surface area contributed by atoms with Crippen LogP contribution in [-0.4, -0.2) is 63.6 Å². The van der Waals surface area contributed by atoms with Crippen LogP contribution in [0.1, 0.15) is 58.6 Å². The minimum absolute atomic E-state index is 0.0172. The topological polar surface area (TPSA) is 85.4 Å². The second kappa shape index (κ2) is 11.2. The standard InChI is InChI=1S/C30H38N2O6/c1-21-16-17-30(32(21)28(35)38-29(3,4)5)22(2)31(27(30)34)25(20-36-18-23-12-8-6-9-13-23)26(33)37-19-24-14-10-7-11-15-24/h6-15,21-22,25H,16-20H2,1-5H3. The van der Waals surface area contributed by atoms with Crippen molar-refractivity contribution in [3.8, 4) is 0 Å². The minimum atomic E-state index is -1.04. The van der Waals surface area contributed by atoms with Crippen LogP contribution in [-0.2, 0) is 37.0 Å². The number of ether oxygens (including phenoxy) is 3. The van der Waals surface area contributed by atoms with Gasteiger partial charge in [-0.3, -0.25) is 9.69 Å². The van der Waals surface area contributed by atoms with E-state index < -0.39 is 35.3 Å². The van der Waals surface area contributed by atoms with Crippen molar-refractivity contribution in [1.29, 1.82) is 0 Å². The van der Waals surface area contributed by atoms with Crippen LogP contribution in [0.5, 0.6) is 0 Å². The Morgan fingerprint density at radius 1 is 0.974 bits per heavy atom. The summed E-state index contributed by atoms with van der Waals surface area (Å²) >= 11 is 0. The maximum absolute atomic E-state index is 13.9. The van der Waals surface area contributed by atoms with E-state index in [-0.39, 0.29) is 25.2 Å². The largest absolute Gasteiger partial charge is 0.459 e. The lowest BCUT2D eigenvalue weighted by molar-refractivity contribution is -0.188. The van der Waals surface area contributed by atoms with Gasteiger partial charge in [-0.15, -0.1) is 0 Å². The van der Waals surface area contributed by atoms with Crippen LogP contribution in [0.15, 0.2) is 60.7 Å². The molecule has 2 saturated heterocycles. The first-order valence-electron chi connectivity index (χ1n) is 13.2. The Balaban J connectivity index is 1.52. The van der Waals surface area contributed by atoms with E-state index in [1.54, 1.807) is 25.7 Å². The Morgan fingerprint density at radius 2 is 1.55 bits per heavy atom. The van der Waals surface area contributed by atoms with Crippen molar-refractivity contribution in [2.24, 2.45) is 0 Å². The van der Waals surface area contributed by atoms with Gasteiger partial charge >= 0.3 is 12.1 Å². The normalized spacial score (nSPS) is 23.8. The predicted octanol–water partition coefficient (Wildman–Crippen LogP) is 4.70. The smallest absolute Gasteiger partial charge is 0.411 e. The van der Waals surface area contributed by atoms with Crippen LogP contribution in [0.2, 0.25) is 0 Å². The van der Waals surface area contributed by atoms with E-state index in [1.165, 1.54) is 4.90 Å². The van der Waals surface area contributed by atoms with Crippen molar-refractivity contribution >= 4 is 18.0 Å². The molecule has 0 bridgehead atoms. The maximum atomic E-state index is 13.9. The molecule has 0 N–H and O–H groups in total. The summed E-state index contributed by atoms with van der Waals surface area (Å²) in [6, 6.07) is 17.5. The van der Waals surface area contributed by atoms with Crippen LogP contribution in [0.3, 0.4) is 0 Å². The molecule has 38 heavy (non-hydrogen) atoms. The van der Waals surface area contributed by atoms with Gasteiger partial charge in [-0.2, -0.15) is 0 Å². The second-order valence-electron chi connectivity index (χ2n) is 11.2. The average molecular weight is 523 g/mol. The monoisotopic (exact) mass is 522 g/mol. The molecule has 4 unspecified atom stereocenters. The van der Waals surface area contributed by atoms with Gasteiger partial charge in [0.1, 0.15) is 17.7 Å². The molecule has 2 aliphatic heterocycles. The Labute approximate surface area is 224 Å². The summed E-state index contributed by atoms with van der Waals surface area (Å²) in [7, 11) is 0. The van der Waals surface area contributed by atoms with E-state index in [1.807, 2.05) is 74.5 Å². The molecule has 8 nitrogen and oxygen atoms in total. The van der Waals surface area contributed by atoms with Crippen LogP contribution in [0.25, 0.3) is 0 Å². The zero-order valence-corrected chi connectivity index (χ0v) is 22.9. The van der Waals surface area contributed by atoms with E-state index in [0.717, 1.165) is 11.1 Å². The summed E-state index contributed by atoms with van der Waals surface area (Å²) in [6.07, 6.45) is 0.683. The van der Waals surface area contributed by atoms with Gasteiger partial charge in [0.05, 0.1) is 19.3 Å². The molecule has 8 heteroatoms. The number of rotatable bonds is 8. The number of nitrogens with zero attached hydrogens (tertiary/aromatic N) is 2. The van der Waals surface area contributed by atoms with Crippen LogP contribution >= 0.6 is 0 Å². The van der Waals surface area contributed by atoms with E-state index in [2.05, 4.69) is 0 Å². The molecular formula is C30H38N2O6. The quantitative estimate of drug-likeness (QED) is 0.369. The van der Waals surface area contributed by atoms with Gasteiger partial charge in [-0.05, 0) is 58.6 Å². The number of amides is 2. The van der Waals surface area contributed by atoms with Gasteiger partial charge in [0.2, 0.25) is 0 Å². The van der Waals surface area contributed by atoms with Gasteiger partial charge in [-0.1, -0.05) is 60.7 Å². The van der Waals surface area contributed by atoms with Gasteiger partial charge in [0.25, 0.3) is 5.91 Å². The fraction of sp³-hybridized carbons (Fsp3) is 0.500. The van der Waals surface area contributed by atoms with Gasteiger partial charge < -0.3 is 19.1 Å². The van der Waals surface area contributed by atoms with Crippen molar-refractivity contribution in [1.82, 2.24) is 9.80 Å². The van der Waals surface area contributed by atoms with Gasteiger partial charge in [0.15, 0.2) is 6.04 Å². The highest BCUT2D eigenvalue weighted by molar-refractivity contribution is 6.00. The van der Waals surface area contributed by atoms with Crippen molar-refractivity contribution in [3.63, 3.8) is 0 Å².